The minimum Gasteiger partial charge on any atom is -0.392 e. The van der Waals surface area contributed by atoms with Gasteiger partial charge in [0.25, 0.3) is 0 Å². The van der Waals surface area contributed by atoms with E-state index in [0.29, 0.717) is 0 Å². The summed E-state index contributed by atoms with van der Waals surface area (Å²) < 4.78 is 0. The lowest BCUT2D eigenvalue weighted by Gasteiger charge is -2.35. The molecule has 1 aromatic rings. The van der Waals surface area contributed by atoms with Gasteiger partial charge in [-0.1, -0.05) is 42.5 Å². The summed E-state index contributed by atoms with van der Waals surface area (Å²) in [5.41, 5.74) is 6.68. The monoisotopic (exact) mass is 294 g/mol. The Bertz CT molecular complexity index is 464. The first kappa shape index (κ1) is 14.3. The predicted molar refractivity (Wildman–Crippen MR) is 84.5 cm³/mol. The summed E-state index contributed by atoms with van der Waals surface area (Å²) in [4.78, 5) is 14.9. The van der Waals surface area contributed by atoms with Crippen LogP contribution in [0, 0.1) is 0 Å². The molecule has 19 heavy (non-hydrogen) atoms. The zero-order valence-corrected chi connectivity index (χ0v) is 12.5. The summed E-state index contributed by atoms with van der Waals surface area (Å²) in [6.45, 7) is 2.85. The van der Waals surface area contributed by atoms with Gasteiger partial charge in [-0.05, 0) is 12.5 Å². The van der Waals surface area contributed by atoms with Crippen LogP contribution >= 0.6 is 24.0 Å². The quantitative estimate of drug-likeness (QED) is 0.867. The van der Waals surface area contributed by atoms with Crippen molar-refractivity contribution in [1.29, 1.82) is 0 Å². The molecule has 0 radical (unpaired) electrons. The van der Waals surface area contributed by atoms with E-state index in [-0.39, 0.29) is 16.9 Å². The molecule has 3 nitrogen and oxygen atoms in total. The Balaban J connectivity index is 2.24. The van der Waals surface area contributed by atoms with E-state index < -0.39 is 5.92 Å². The summed E-state index contributed by atoms with van der Waals surface area (Å²) in [5, 5.41) is 0. The lowest BCUT2D eigenvalue weighted by atomic mass is 9.97. The third-order valence-electron chi connectivity index (χ3n) is 3.32. The number of carbonyl (C=O) groups excluding carboxylic acids is 1. The highest BCUT2D eigenvalue weighted by Gasteiger charge is 2.32. The Morgan fingerprint density at radius 1 is 1.47 bits per heavy atom. The van der Waals surface area contributed by atoms with Crippen molar-refractivity contribution >= 4 is 34.9 Å². The maximum Gasteiger partial charge on any atom is 0.237 e. The van der Waals surface area contributed by atoms with Crippen molar-refractivity contribution in [2.45, 2.75) is 18.9 Å². The fourth-order valence-electron chi connectivity index (χ4n) is 2.29. The van der Waals surface area contributed by atoms with Crippen LogP contribution in [0.5, 0.6) is 0 Å². The van der Waals surface area contributed by atoms with E-state index in [2.05, 4.69) is 6.92 Å². The molecule has 0 bridgehead atoms. The van der Waals surface area contributed by atoms with Crippen molar-refractivity contribution in [2.24, 2.45) is 5.73 Å². The van der Waals surface area contributed by atoms with E-state index in [0.717, 1.165) is 23.6 Å². The molecule has 2 atom stereocenters. The van der Waals surface area contributed by atoms with Crippen LogP contribution < -0.4 is 5.73 Å². The number of thioether (sulfide) groups is 1. The van der Waals surface area contributed by atoms with Gasteiger partial charge in [0, 0.05) is 24.1 Å². The first-order valence-electron chi connectivity index (χ1n) is 6.33. The molecule has 5 heteroatoms. The molecule has 1 aliphatic rings. The first-order chi connectivity index (χ1) is 9.11. The van der Waals surface area contributed by atoms with Gasteiger partial charge in [0.15, 0.2) is 0 Å². The number of amides is 1. The maximum absolute atomic E-state index is 12.7. The minimum atomic E-state index is -0.498. The van der Waals surface area contributed by atoms with Gasteiger partial charge in [0.2, 0.25) is 5.91 Å². The summed E-state index contributed by atoms with van der Waals surface area (Å²) in [6.07, 6.45) is 0. The van der Waals surface area contributed by atoms with Gasteiger partial charge in [-0.3, -0.25) is 4.79 Å². The van der Waals surface area contributed by atoms with Crippen LogP contribution in [-0.4, -0.2) is 39.9 Å². The molecule has 1 heterocycles. The molecular formula is C14H18N2OS2. The van der Waals surface area contributed by atoms with Crippen molar-refractivity contribution in [1.82, 2.24) is 4.90 Å². The molecule has 1 aliphatic heterocycles. The molecule has 0 saturated carbocycles. The summed E-state index contributed by atoms with van der Waals surface area (Å²) in [7, 11) is 0. The largest absolute Gasteiger partial charge is 0.392 e. The number of nitrogens with zero attached hydrogens (tertiary/aromatic N) is 1. The average Bonchev–Trinajstić information content (AvgIpc) is 2.40. The third kappa shape index (κ3) is 3.28. The highest BCUT2D eigenvalue weighted by molar-refractivity contribution is 7.99. The third-order valence-corrected chi connectivity index (χ3v) is 4.74. The highest BCUT2D eigenvalue weighted by atomic mass is 32.2. The number of carbonyl (C=O) groups is 1. The molecule has 1 fully saturated rings. The second-order valence-electron chi connectivity index (χ2n) is 4.70. The van der Waals surface area contributed by atoms with E-state index in [1.54, 1.807) is 0 Å². The van der Waals surface area contributed by atoms with E-state index in [9.17, 15) is 4.79 Å². The molecular weight excluding hydrogens is 276 g/mol. The second-order valence-corrected chi connectivity index (χ2v) is 6.32. The number of benzene rings is 1. The molecule has 0 spiro atoms. The number of nitrogens with two attached hydrogens (primary N) is 1. The summed E-state index contributed by atoms with van der Waals surface area (Å²) in [6, 6.07) is 9.79. The van der Waals surface area contributed by atoms with E-state index in [4.69, 9.17) is 18.0 Å². The molecule has 1 saturated heterocycles. The van der Waals surface area contributed by atoms with Gasteiger partial charge in [-0.2, -0.15) is 11.8 Å². The van der Waals surface area contributed by atoms with Crippen LogP contribution in [0.15, 0.2) is 30.3 Å². The molecule has 2 unspecified atom stereocenters. The Morgan fingerprint density at radius 3 is 2.74 bits per heavy atom. The highest BCUT2D eigenvalue weighted by Crippen LogP contribution is 2.24. The standard InChI is InChI=1S/C14H18N2OS2/c1-10-9-19-8-7-16(10)14(17)12(13(15)18)11-5-3-2-4-6-11/h2-6,10,12H,7-9H2,1H3,(H2,15,18). The molecule has 2 N–H and O–H groups in total. The Morgan fingerprint density at radius 2 is 2.16 bits per heavy atom. The maximum atomic E-state index is 12.7. The lowest BCUT2D eigenvalue weighted by molar-refractivity contribution is -0.132. The van der Waals surface area contributed by atoms with Crippen molar-refractivity contribution in [3.8, 4) is 0 Å². The zero-order chi connectivity index (χ0) is 13.8. The van der Waals surface area contributed by atoms with E-state index in [1.165, 1.54) is 0 Å². The van der Waals surface area contributed by atoms with Crippen LogP contribution in [0.4, 0.5) is 0 Å². The fraction of sp³-hybridized carbons (Fsp3) is 0.429. The predicted octanol–water partition coefficient (Wildman–Crippen LogP) is 2.02. The summed E-state index contributed by atoms with van der Waals surface area (Å²) >= 11 is 6.99. The van der Waals surface area contributed by atoms with Crippen LogP contribution in [0.3, 0.4) is 0 Å². The van der Waals surface area contributed by atoms with Gasteiger partial charge in [0.05, 0.1) is 4.99 Å². The molecule has 0 aliphatic carbocycles. The van der Waals surface area contributed by atoms with Crippen LogP contribution in [0.2, 0.25) is 0 Å². The lowest BCUT2D eigenvalue weighted by Crippen LogP contribution is -2.48. The number of rotatable bonds is 3. The minimum absolute atomic E-state index is 0.0338. The fourth-order valence-corrected chi connectivity index (χ4v) is 3.54. The molecule has 1 aromatic carbocycles. The normalized spacial score (nSPS) is 20.9. The zero-order valence-electron chi connectivity index (χ0n) is 10.9. The number of thiocarbonyl (C=S) groups is 1. The summed E-state index contributed by atoms with van der Waals surface area (Å²) in [5.74, 6) is 1.49. The van der Waals surface area contributed by atoms with Gasteiger partial charge in [0.1, 0.15) is 5.92 Å². The van der Waals surface area contributed by atoms with Crippen molar-refractivity contribution in [3.05, 3.63) is 35.9 Å². The Labute approximate surface area is 123 Å². The van der Waals surface area contributed by atoms with Crippen molar-refractivity contribution in [2.75, 3.05) is 18.1 Å². The van der Waals surface area contributed by atoms with Crippen molar-refractivity contribution < 1.29 is 4.79 Å². The van der Waals surface area contributed by atoms with Crippen LogP contribution in [0.1, 0.15) is 18.4 Å². The average molecular weight is 294 g/mol. The van der Waals surface area contributed by atoms with Crippen LogP contribution in [0.25, 0.3) is 0 Å². The molecule has 0 aromatic heterocycles. The topological polar surface area (TPSA) is 46.3 Å². The van der Waals surface area contributed by atoms with E-state index in [1.807, 2.05) is 47.0 Å². The van der Waals surface area contributed by atoms with Crippen molar-refractivity contribution in [3.63, 3.8) is 0 Å². The van der Waals surface area contributed by atoms with Gasteiger partial charge < -0.3 is 10.6 Å². The Kier molecular flexibility index (Phi) is 4.82. The van der Waals surface area contributed by atoms with Gasteiger partial charge in [-0.15, -0.1) is 0 Å². The number of hydrogen-bond donors (Lipinski definition) is 1. The molecule has 1 amide bonds. The molecule has 102 valence electrons. The smallest absolute Gasteiger partial charge is 0.237 e. The number of hydrogen-bond acceptors (Lipinski definition) is 3. The van der Waals surface area contributed by atoms with E-state index >= 15 is 0 Å². The van der Waals surface area contributed by atoms with Crippen LogP contribution in [-0.2, 0) is 4.79 Å². The SMILES string of the molecule is CC1CSCCN1C(=O)C(C(N)=S)c1ccccc1. The van der Waals surface area contributed by atoms with Gasteiger partial charge >= 0.3 is 0 Å². The van der Waals surface area contributed by atoms with Gasteiger partial charge in [-0.25, -0.2) is 0 Å². The molecule has 2 rings (SSSR count). The first-order valence-corrected chi connectivity index (χ1v) is 7.90. The Hall–Kier alpha value is -1.07. The second kappa shape index (κ2) is 6.39.